The largest absolute Gasteiger partial charge is 0.378 e. The Hall–Kier alpha value is -0.330. The molecule has 6 heteroatoms. The number of nitrogens with zero attached hydrogens (tertiary/aromatic N) is 2. The van der Waals surface area contributed by atoms with Gasteiger partial charge in [0.25, 0.3) is 0 Å². The van der Waals surface area contributed by atoms with E-state index in [1.807, 2.05) is 0 Å². The molecule has 0 aliphatic carbocycles. The topological polar surface area (TPSA) is 61.0 Å². The predicted molar refractivity (Wildman–Crippen MR) is 58.6 cm³/mol. The second-order valence-electron chi connectivity index (χ2n) is 3.18. The summed E-state index contributed by atoms with van der Waals surface area (Å²) >= 11 is 3.16. The molecular formula is C8H13N3OS2. The van der Waals surface area contributed by atoms with Crippen LogP contribution in [0.4, 0.5) is 5.13 Å². The molecule has 1 aliphatic rings. The lowest BCUT2D eigenvalue weighted by Crippen LogP contribution is -2.05. The van der Waals surface area contributed by atoms with E-state index in [1.165, 1.54) is 24.2 Å². The highest BCUT2D eigenvalue weighted by Crippen LogP contribution is 2.26. The van der Waals surface area contributed by atoms with E-state index in [0.717, 1.165) is 23.1 Å². The Morgan fingerprint density at radius 1 is 1.57 bits per heavy atom. The van der Waals surface area contributed by atoms with E-state index in [1.54, 1.807) is 11.8 Å². The summed E-state index contributed by atoms with van der Waals surface area (Å²) in [6.45, 7) is 0.932. The van der Waals surface area contributed by atoms with Crippen LogP contribution in [-0.2, 0) is 4.74 Å². The van der Waals surface area contributed by atoms with Crippen LogP contribution in [0.1, 0.15) is 19.3 Å². The summed E-state index contributed by atoms with van der Waals surface area (Å²) in [5, 5.41) is 8.25. The molecule has 1 aromatic rings. The fourth-order valence-electron chi connectivity index (χ4n) is 1.43. The smallest absolute Gasteiger partial charge is 0.203 e. The van der Waals surface area contributed by atoms with E-state index in [2.05, 4.69) is 10.2 Å². The number of hydrogen-bond donors (Lipinski definition) is 1. The minimum absolute atomic E-state index is 0.466. The van der Waals surface area contributed by atoms with Crippen molar-refractivity contribution >= 4 is 28.2 Å². The average molecular weight is 231 g/mol. The number of nitrogen functional groups attached to an aromatic ring is 1. The molecule has 0 saturated carbocycles. The van der Waals surface area contributed by atoms with Crippen LogP contribution in [0.2, 0.25) is 0 Å². The lowest BCUT2D eigenvalue weighted by atomic mass is 10.2. The molecule has 1 aromatic heterocycles. The Balaban J connectivity index is 1.67. The third-order valence-electron chi connectivity index (χ3n) is 2.11. The third-order valence-corrected chi connectivity index (χ3v) is 4.03. The van der Waals surface area contributed by atoms with Gasteiger partial charge in [-0.15, -0.1) is 10.2 Å². The van der Waals surface area contributed by atoms with Crippen LogP contribution in [0.15, 0.2) is 4.34 Å². The standard InChI is InChI=1S/C8H13N3OS2/c9-7-10-11-8(14-7)13-5-3-6-2-1-4-12-6/h6H,1-5H2,(H2,9,10). The van der Waals surface area contributed by atoms with Crippen molar-refractivity contribution in [3.8, 4) is 0 Å². The van der Waals surface area contributed by atoms with Crippen LogP contribution in [0, 0.1) is 0 Å². The van der Waals surface area contributed by atoms with Gasteiger partial charge < -0.3 is 10.5 Å². The van der Waals surface area contributed by atoms with Gasteiger partial charge in [0.1, 0.15) is 0 Å². The van der Waals surface area contributed by atoms with Crippen molar-refractivity contribution < 1.29 is 4.74 Å². The van der Waals surface area contributed by atoms with Crippen molar-refractivity contribution in [3.63, 3.8) is 0 Å². The summed E-state index contributed by atoms with van der Waals surface area (Å²) in [7, 11) is 0. The van der Waals surface area contributed by atoms with Gasteiger partial charge in [0.15, 0.2) is 4.34 Å². The van der Waals surface area contributed by atoms with Crippen molar-refractivity contribution in [1.82, 2.24) is 10.2 Å². The number of aromatic nitrogens is 2. The van der Waals surface area contributed by atoms with E-state index in [0.29, 0.717) is 11.2 Å². The van der Waals surface area contributed by atoms with Gasteiger partial charge in [0, 0.05) is 12.4 Å². The second kappa shape index (κ2) is 4.95. The van der Waals surface area contributed by atoms with Crippen molar-refractivity contribution in [1.29, 1.82) is 0 Å². The molecule has 1 saturated heterocycles. The summed E-state index contributed by atoms with van der Waals surface area (Å²) in [5.74, 6) is 1.04. The van der Waals surface area contributed by atoms with E-state index < -0.39 is 0 Å². The molecule has 14 heavy (non-hydrogen) atoms. The van der Waals surface area contributed by atoms with Crippen molar-refractivity contribution in [2.45, 2.75) is 29.7 Å². The van der Waals surface area contributed by atoms with Crippen LogP contribution in [0.3, 0.4) is 0 Å². The maximum atomic E-state index is 5.53. The monoisotopic (exact) mass is 231 g/mol. The molecule has 2 N–H and O–H groups in total. The highest BCUT2D eigenvalue weighted by atomic mass is 32.2. The number of thioether (sulfide) groups is 1. The number of nitrogens with two attached hydrogens (primary N) is 1. The van der Waals surface area contributed by atoms with Crippen LogP contribution < -0.4 is 5.73 Å². The van der Waals surface area contributed by atoms with Gasteiger partial charge >= 0.3 is 0 Å². The van der Waals surface area contributed by atoms with Crippen LogP contribution in [0.5, 0.6) is 0 Å². The molecule has 1 aliphatic heterocycles. The maximum Gasteiger partial charge on any atom is 0.203 e. The van der Waals surface area contributed by atoms with E-state index in [-0.39, 0.29) is 0 Å². The van der Waals surface area contributed by atoms with Gasteiger partial charge in [-0.05, 0) is 19.3 Å². The van der Waals surface area contributed by atoms with Crippen LogP contribution in [-0.4, -0.2) is 28.7 Å². The number of ether oxygens (including phenoxy) is 1. The molecule has 1 unspecified atom stereocenters. The molecule has 78 valence electrons. The molecular weight excluding hydrogens is 218 g/mol. The van der Waals surface area contributed by atoms with Gasteiger partial charge in [0.2, 0.25) is 5.13 Å². The zero-order valence-electron chi connectivity index (χ0n) is 7.81. The van der Waals surface area contributed by atoms with Crippen molar-refractivity contribution in [3.05, 3.63) is 0 Å². The Kier molecular flexibility index (Phi) is 3.61. The number of anilines is 1. The zero-order valence-corrected chi connectivity index (χ0v) is 9.44. The van der Waals surface area contributed by atoms with Crippen LogP contribution >= 0.6 is 23.1 Å². The molecule has 2 rings (SSSR count). The molecule has 1 atom stereocenters. The van der Waals surface area contributed by atoms with Crippen molar-refractivity contribution in [2.75, 3.05) is 18.1 Å². The normalized spacial score (nSPS) is 21.6. The molecule has 4 nitrogen and oxygen atoms in total. The Bertz CT molecular complexity index is 286. The molecule has 0 spiro atoms. The summed E-state index contributed by atoms with van der Waals surface area (Å²) in [6.07, 6.45) is 3.98. The average Bonchev–Trinajstić information content (AvgIpc) is 2.77. The Morgan fingerprint density at radius 2 is 2.50 bits per heavy atom. The molecule has 0 bridgehead atoms. The third kappa shape index (κ3) is 2.83. The van der Waals surface area contributed by atoms with Gasteiger partial charge in [-0.25, -0.2) is 0 Å². The highest BCUT2D eigenvalue weighted by molar-refractivity contribution is 8.01. The molecule has 0 radical (unpaired) electrons. The lowest BCUT2D eigenvalue weighted by molar-refractivity contribution is 0.109. The van der Waals surface area contributed by atoms with Crippen LogP contribution in [0.25, 0.3) is 0 Å². The fourth-order valence-corrected chi connectivity index (χ4v) is 3.17. The fraction of sp³-hybridized carbons (Fsp3) is 0.750. The first-order valence-electron chi connectivity index (χ1n) is 4.68. The van der Waals surface area contributed by atoms with Crippen molar-refractivity contribution in [2.24, 2.45) is 0 Å². The molecule has 0 aromatic carbocycles. The van der Waals surface area contributed by atoms with Gasteiger partial charge in [-0.2, -0.15) is 0 Å². The maximum absolute atomic E-state index is 5.53. The first kappa shape index (κ1) is 10.2. The number of rotatable bonds is 4. The molecule has 1 fully saturated rings. The SMILES string of the molecule is Nc1nnc(SCCC2CCCO2)s1. The lowest BCUT2D eigenvalue weighted by Gasteiger charge is -2.06. The Labute approximate surface area is 91.2 Å². The zero-order chi connectivity index (χ0) is 9.80. The summed E-state index contributed by atoms with van der Waals surface area (Å²) in [4.78, 5) is 0. The van der Waals surface area contributed by atoms with Gasteiger partial charge in [-0.1, -0.05) is 23.1 Å². The summed E-state index contributed by atoms with van der Waals surface area (Å²) < 4.78 is 6.48. The summed E-state index contributed by atoms with van der Waals surface area (Å²) in [5.41, 5.74) is 5.48. The molecule has 0 amide bonds. The molecule has 2 heterocycles. The first-order chi connectivity index (χ1) is 6.84. The summed E-state index contributed by atoms with van der Waals surface area (Å²) in [6, 6.07) is 0. The minimum Gasteiger partial charge on any atom is -0.378 e. The quantitative estimate of drug-likeness (QED) is 0.800. The van der Waals surface area contributed by atoms with E-state index >= 15 is 0 Å². The van der Waals surface area contributed by atoms with E-state index in [4.69, 9.17) is 10.5 Å². The van der Waals surface area contributed by atoms with Gasteiger partial charge in [0.05, 0.1) is 6.10 Å². The highest BCUT2D eigenvalue weighted by Gasteiger charge is 2.15. The second-order valence-corrected chi connectivity index (χ2v) is 5.53. The predicted octanol–water partition coefficient (Wildman–Crippen LogP) is 1.78. The van der Waals surface area contributed by atoms with E-state index in [9.17, 15) is 0 Å². The Morgan fingerprint density at radius 3 is 3.14 bits per heavy atom. The van der Waals surface area contributed by atoms with Gasteiger partial charge in [-0.3, -0.25) is 0 Å². The minimum atomic E-state index is 0.466. The number of hydrogen-bond acceptors (Lipinski definition) is 6. The first-order valence-corrected chi connectivity index (χ1v) is 6.48.